The zero-order chi connectivity index (χ0) is 16.4. The molecule has 2 aromatic rings. The van der Waals surface area contributed by atoms with Crippen molar-refractivity contribution < 1.29 is 9.90 Å². The molecular weight excluding hydrogens is 286 g/mol. The SMILES string of the molecule is CC(C)c1cccc(-c2ccc3c(c2)CCCC3NC(=O)O)c1. The van der Waals surface area contributed by atoms with E-state index < -0.39 is 6.09 Å². The summed E-state index contributed by atoms with van der Waals surface area (Å²) in [6.45, 7) is 4.41. The van der Waals surface area contributed by atoms with Crippen molar-refractivity contribution in [1.82, 2.24) is 5.32 Å². The monoisotopic (exact) mass is 309 g/mol. The molecule has 2 N–H and O–H groups in total. The number of carboxylic acid groups (broad SMARTS) is 1. The van der Waals surface area contributed by atoms with Crippen LogP contribution in [0.25, 0.3) is 11.1 Å². The van der Waals surface area contributed by atoms with Crippen LogP contribution in [-0.2, 0) is 6.42 Å². The summed E-state index contributed by atoms with van der Waals surface area (Å²) in [5.41, 5.74) is 6.17. The van der Waals surface area contributed by atoms with Crippen molar-refractivity contribution in [2.45, 2.75) is 45.1 Å². The third-order valence-corrected chi connectivity index (χ3v) is 4.64. The predicted octanol–water partition coefficient (Wildman–Crippen LogP) is 5.12. The van der Waals surface area contributed by atoms with Gasteiger partial charge in [0.1, 0.15) is 0 Å². The van der Waals surface area contributed by atoms with Crippen LogP contribution in [0.5, 0.6) is 0 Å². The second-order valence-electron chi connectivity index (χ2n) is 6.59. The molecule has 3 heteroatoms. The number of aryl methyl sites for hydroxylation is 1. The lowest BCUT2D eigenvalue weighted by molar-refractivity contribution is 0.188. The fourth-order valence-corrected chi connectivity index (χ4v) is 3.37. The number of rotatable bonds is 3. The number of amides is 1. The van der Waals surface area contributed by atoms with E-state index in [1.807, 2.05) is 0 Å². The van der Waals surface area contributed by atoms with Crippen LogP contribution in [0.4, 0.5) is 4.79 Å². The molecule has 0 heterocycles. The topological polar surface area (TPSA) is 49.3 Å². The lowest BCUT2D eigenvalue weighted by Gasteiger charge is -2.26. The number of nitrogens with one attached hydrogen (secondary N) is 1. The Morgan fingerprint density at radius 3 is 2.70 bits per heavy atom. The van der Waals surface area contributed by atoms with E-state index in [0.717, 1.165) is 24.8 Å². The fraction of sp³-hybridized carbons (Fsp3) is 0.350. The van der Waals surface area contributed by atoms with E-state index in [2.05, 4.69) is 61.6 Å². The van der Waals surface area contributed by atoms with Gasteiger partial charge in [-0.05, 0) is 53.0 Å². The van der Waals surface area contributed by atoms with Gasteiger partial charge in [-0.15, -0.1) is 0 Å². The van der Waals surface area contributed by atoms with Crippen molar-refractivity contribution in [3.05, 3.63) is 59.2 Å². The zero-order valence-electron chi connectivity index (χ0n) is 13.7. The summed E-state index contributed by atoms with van der Waals surface area (Å²) in [5.74, 6) is 0.511. The molecule has 120 valence electrons. The third-order valence-electron chi connectivity index (χ3n) is 4.64. The summed E-state index contributed by atoms with van der Waals surface area (Å²) in [6.07, 6.45) is 1.97. The molecular formula is C20H23NO2. The van der Waals surface area contributed by atoms with E-state index in [0.29, 0.717) is 5.92 Å². The van der Waals surface area contributed by atoms with Crippen molar-refractivity contribution >= 4 is 6.09 Å². The summed E-state index contributed by atoms with van der Waals surface area (Å²) < 4.78 is 0. The molecule has 0 saturated carbocycles. The first-order chi connectivity index (χ1) is 11.0. The van der Waals surface area contributed by atoms with E-state index in [4.69, 9.17) is 5.11 Å². The summed E-state index contributed by atoms with van der Waals surface area (Å²) in [5, 5.41) is 11.6. The number of hydrogen-bond acceptors (Lipinski definition) is 1. The van der Waals surface area contributed by atoms with Crippen LogP contribution in [-0.4, -0.2) is 11.2 Å². The van der Waals surface area contributed by atoms with Crippen molar-refractivity contribution in [1.29, 1.82) is 0 Å². The van der Waals surface area contributed by atoms with Gasteiger partial charge in [-0.3, -0.25) is 0 Å². The van der Waals surface area contributed by atoms with Crippen LogP contribution < -0.4 is 5.32 Å². The Morgan fingerprint density at radius 1 is 1.17 bits per heavy atom. The second kappa shape index (κ2) is 6.45. The number of benzene rings is 2. The van der Waals surface area contributed by atoms with Crippen LogP contribution >= 0.6 is 0 Å². The summed E-state index contributed by atoms with van der Waals surface area (Å²) in [4.78, 5) is 11.0. The van der Waals surface area contributed by atoms with E-state index in [1.165, 1.54) is 22.3 Å². The molecule has 3 rings (SSSR count). The minimum absolute atomic E-state index is 0.0766. The highest BCUT2D eigenvalue weighted by atomic mass is 16.4. The number of hydrogen-bond donors (Lipinski definition) is 2. The molecule has 3 nitrogen and oxygen atoms in total. The number of carbonyl (C=O) groups is 1. The lowest BCUT2D eigenvalue weighted by atomic mass is 9.85. The molecule has 1 aliphatic carbocycles. The minimum Gasteiger partial charge on any atom is -0.465 e. The van der Waals surface area contributed by atoms with E-state index in [9.17, 15) is 4.79 Å². The van der Waals surface area contributed by atoms with Crippen molar-refractivity contribution in [3.8, 4) is 11.1 Å². The largest absolute Gasteiger partial charge is 0.465 e. The molecule has 1 aliphatic rings. The Balaban J connectivity index is 1.94. The van der Waals surface area contributed by atoms with Gasteiger partial charge in [0.2, 0.25) is 0 Å². The average Bonchev–Trinajstić information content (AvgIpc) is 2.54. The van der Waals surface area contributed by atoms with E-state index in [1.54, 1.807) is 0 Å². The van der Waals surface area contributed by atoms with Crippen LogP contribution in [0.15, 0.2) is 42.5 Å². The van der Waals surface area contributed by atoms with Crippen LogP contribution in [0.1, 0.15) is 55.3 Å². The first-order valence-corrected chi connectivity index (χ1v) is 8.27. The molecule has 0 saturated heterocycles. The van der Waals surface area contributed by atoms with Crippen molar-refractivity contribution in [2.75, 3.05) is 0 Å². The van der Waals surface area contributed by atoms with Gasteiger partial charge in [-0.1, -0.05) is 56.3 Å². The molecule has 0 aliphatic heterocycles. The van der Waals surface area contributed by atoms with Gasteiger partial charge in [0.25, 0.3) is 0 Å². The van der Waals surface area contributed by atoms with Gasteiger partial charge in [0, 0.05) is 0 Å². The molecule has 1 atom stereocenters. The van der Waals surface area contributed by atoms with Gasteiger partial charge >= 0.3 is 6.09 Å². The molecule has 0 spiro atoms. The molecule has 0 bridgehead atoms. The average molecular weight is 309 g/mol. The molecule has 0 radical (unpaired) electrons. The molecule has 1 unspecified atom stereocenters. The molecule has 2 aromatic carbocycles. The molecule has 0 aromatic heterocycles. The van der Waals surface area contributed by atoms with Gasteiger partial charge in [-0.2, -0.15) is 0 Å². The highest BCUT2D eigenvalue weighted by Crippen LogP contribution is 2.33. The molecule has 23 heavy (non-hydrogen) atoms. The minimum atomic E-state index is -0.948. The highest BCUT2D eigenvalue weighted by molar-refractivity contribution is 5.68. The van der Waals surface area contributed by atoms with Gasteiger partial charge < -0.3 is 10.4 Å². The Hall–Kier alpha value is -2.29. The number of fused-ring (bicyclic) bond motifs is 1. The Labute approximate surface area is 137 Å². The highest BCUT2D eigenvalue weighted by Gasteiger charge is 2.21. The molecule has 0 fully saturated rings. The third kappa shape index (κ3) is 3.39. The van der Waals surface area contributed by atoms with Crippen LogP contribution in [0.3, 0.4) is 0 Å². The normalized spacial score (nSPS) is 16.9. The quantitative estimate of drug-likeness (QED) is 0.826. The van der Waals surface area contributed by atoms with Gasteiger partial charge in [0.05, 0.1) is 6.04 Å². The Kier molecular flexibility index (Phi) is 4.37. The van der Waals surface area contributed by atoms with E-state index in [-0.39, 0.29) is 6.04 Å². The standard InChI is InChI=1S/C20H23NO2/c1-13(2)14-5-3-6-15(11-14)16-9-10-18-17(12-16)7-4-8-19(18)21-20(22)23/h3,5-6,9-13,19,21H,4,7-8H2,1-2H3,(H,22,23). The Bertz CT molecular complexity index is 721. The fourth-order valence-electron chi connectivity index (χ4n) is 3.37. The second-order valence-corrected chi connectivity index (χ2v) is 6.59. The maximum atomic E-state index is 11.0. The van der Waals surface area contributed by atoms with E-state index >= 15 is 0 Å². The summed E-state index contributed by atoms with van der Waals surface area (Å²) in [6, 6.07) is 15.0. The van der Waals surface area contributed by atoms with Gasteiger partial charge in [0.15, 0.2) is 0 Å². The van der Waals surface area contributed by atoms with Gasteiger partial charge in [-0.25, -0.2) is 4.79 Å². The predicted molar refractivity (Wildman–Crippen MR) is 92.8 cm³/mol. The lowest BCUT2D eigenvalue weighted by Crippen LogP contribution is -2.29. The first kappa shape index (κ1) is 15.6. The van der Waals surface area contributed by atoms with Crippen LogP contribution in [0.2, 0.25) is 0 Å². The summed E-state index contributed by atoms with van der Waals surface area (Å²) >= 11 is 0. The van der Waals surface area contributed by atoms with Crippen molar-refractivity contribution in [3.63, 3.8) is 0 Å². The Morgan fingerprint density at radius 2 is 1.96 bits per heavy atom. The smallest absolute Gasteiger partial charge is 0.405 e. The summed E-state index contributed by atoms with van der Waals surface area (Å²) in [7, 11) is 0. The maximum Gasteiger partial charge on any atom is 0.405 e. The van der Waals surface area contributed by atoms with Crippen LogP contribution in [0, 0.1) is 0 Å². The zero-order valence-corrected chi connectivity index (χ0v) is 13.7. The maximum absolute atomic E-state index is 11.0. The van der Waals surface area contributed by atoms with Crippen molar-refractivity contribution in [2.24, 2.45) is 0 Å². The first-order valence-electron chi connectivity index (χ1n) is 8.27. The molecule has 1 amide bonds.